The van der Waals surface area contributed by atoms with Crippen LogP contribution in [0.3, 0.4) is 0 Å². The zero-order chi connectivity index (χ0) is 15.5. The summed E-state index contributed by atoms with van der Waals surface area (Å²) in [6.45, 7) is 1.95. The standard InChI is InChI=1S/C16H23BrN2O2/c1-11-8-12(17)9-13(21-2)15(11)19-14(20)10-16(18)6-4-3-5-7-16/h8-9H,3-7,10,18H2,1-2H3,(H,19,20). The van der Waals surface area contributed by atoms with Gasteiger partial charge in [0.05, 0.1) is 12.8 Å². The van der Waals surface area contributed by atoms with Gasteiger partial charge >= 0.3 is 0 Å². The van der Waals surface area contributed by atoms with E-state index in [0.29, 0.717) is 12.2 Å². The molecule has 5 heteroatoms. The number of carbonyl (C=O) groups excluding carboxylic acids is 1. The molecule has 0 unspecified atom stereocenters. The molecule has 0 saturated heterocycles. The molecule has 1 aliphatic rings. The quantitative estimate of drug-likeness (QED) is 0.864. The Balaban J connectivity index is 2.09. The van der Waals surface area contributed by atoms with E-state index in [1.165, 1.54) is 6.42 Å². The summed E-state index contributed by atoms with van der Waals surface area (Å²) in [5.74, 6) is 0.619. The van der Waals surface area contributed by atoms with E-state index in [0.717, 1.165) is 41.4 Å². The SMILES string of the molecule is COc1cc(Br)cc(C)c1NC(=O)CC1(N)CCCCC1. The second kappa shape index (κ2) is 6.79. The Labute approximate surface area is 134 Å². The summed E-state index contributed by atoms with van der Waals surface area (Å²) in [6.07, 6.45) is 5.68. The van der Waals surface area contributed by atoms with Gasteiger partial charge in [0.25, 0.3) is 0 Å². The minimum absolute atomic E-state index is 0.0388. The van der Waals surface area contributed by atoms with Crippen LogP contribution in [-0.4, -0.2) is 18.6 Å². The third-order valence-corrected chi connectivity index (χ3v) is 4.57. The molecule has 1 saturated carbocycles. The molecule has 1 fully saturated rings. The molecule has 0 aromatic heterocycles. The van der Waals surface area contributed by atoms with E-state index >= 15 is 0 Å². The van der Waals surface area contributed by atoms with Crippen molar-refractivity contribution in [3.05, 3.63) is 22.2 Å². The summed E-state index contributed by atoms with van der Waals surface area (Å²) in [4.78, 5) is 12.3. The van der Waals surface area contributed by atoms with Crippen LogP contribution in [0.25, 0.3) is 0 Å². The van der Waals surface area contributed by atoms with Crippen LogP contribution in [0, 0.1) is 6.92 Å². The maximum atomic E-state index is 12.3. The van der Waals surface area contributed by atoms with Gasteiger partial charge in [0.15, 0.2) is 0 Å². The van der Waals surface area contributed by atoms with Gasteiger partial charge in [-0.25, -0.2) is 0 Å². The monoisotopic (exact) mass is 354 g/mol. The molecular weight excluding hydrogens is 332 g/mol. The van der Waals surface area contributed by atoms with Gasteiger partial charge in [-0.15, -0.1) is 0 Å². The largest absolute Gasteiger partial charge is 0.495 e. The lowest BCUT2D eigenvalue weighted by Gasteiger charge is -2.32. The number of hydrogen-bond donors (Lipinski definition) is 2. The number of amides is 1. The number of halogens is 1. The average Bonchev–Trinajstić information content (AvgIpc) is 2.41. The summed E-state index contributed by atoms with van der Waals surface area (Å²) in [5, 5.41) is 2.96. The third-order valence-electron chi connectivity index (χ3n) is 4.11. The number of anilines is 1. The number of carbonyl (C=O) groups is 1. The van der Waals surface area contributed by atoms with Crippen molar-refractivity contribution in [2.24, 2.45) is 5.73 Å². The first-order valence-electron chi connectivity index (χ1n) is 7.36. The molecule has 0 heterocycles. The second-order valence-corrected chi connectivity index (χ2v) is 6.86. The maximum Gasteiger partial charge on any atom is 0.226 e. The average molecular weight is 355 g/mol. The highest BCUT2D eigenvalue weighted by Gasteiger charge is 2.30. The molecule has 2 rings (SSSR count). The highest BCUT2D eigenvalue weighted by molar-refractivity contribution is 9.10. The lowest BCUT2D eigenvalue weighted by molar-refractivity contribution is -0.117. The van der Waals surface area contributed by atoms with Gasteiger partial charge in [0.2, 0.25) is 5.91 Å². The first-order valence-corrected chi connectivity index (χ1v) is 8.16. The molecule has 1 amide bonds. The lowest BCUT2D eigenvalue weighted by atomic mass is 9.80. The fourth-order valence-electron chi connectivity index (χ4n) is 2.97. The minimum atomic E-state index is -0.348. The summed E-state index contributed by atoms with van der Waals surface area (Å²) in [7, 11) is 1.60. The number of nitrogens with one attached hydrogen (secondary N) is 1. The molecule has 0 aliphatic heterocycles. The van der Waals surface area contributed by atoms with Crippen molar-refractivity contribution in [2.75, 3.05) is 12.4 Å². The van der Waals surface area contributed by atoms with E-state index in [-0.39, 0.29) is 11.4 Å². The molecule has 4 nitrogen and oxygen atoms in total. The zero-order valence-electron chi connectivity index (χ0n) is 12.7. The highest BCUT2D eigenvalue weighted by Crippen LogP contribution is 2.33. The molecular formula is C16H23BrN2O2. The van der Waals surface area contributed by atoms with Gasteiger partial charge in [-0.3, -0.25) is 4.79 Å². The van der Waals surface area contributed by atoms with Crippen molar-refractivity contribution in [1.29, 1.82) is 0 Å². The van der Waals surface area contributed by atoms with E-state index in [1.807, 2.05) is 19.1 Å². The van der Waals surface area contributed by atoms with Gasteiger partial charge < -0.3 is 15.8 Å². The molecule has 0 radical (unpaired) electrons. The number of aryl methyl sites for hydroxylation is 1. The highest BCUT2D eigenvalue weighted by atomic mass is 79.9. The fourth-order valence-corrected chi connectivity index (χ4v) is 3.52. The Kier molecular flexibility index (Phi) is 5.27. The summed E-state index contributed by atoms with van der Waals surface area (Å²) in [6, 6.07) is 3.80. The summed E-state index contributed by atoms with van der Waals surface area (Å²) in [5.41, 5.74) is 7.69. The molecule has 1 aliphatic carbocycles. The Bertz CT molecular complexity index is 525. The van der Waals surface area contributed by atoms with Gasteiger partial charge in [0, 0.05) is 16.4 Å². The van der Waals surface area contributed by atoms with Crippen molar-refractivity contribution in [3.8, 4) is 5.75 Å². The molecule has 1 aromatic rings. The van der Waals surface area contributed by atoms with Crippen molar-refractivity contribution in [2.45, 2.75) is 51.0 Å². The summed E-state index contributed by atoms with van der Waals surface area (Å²) < 4.78 is 6.28. The van der Waals surface area contributed by atoms with E-state index < -0.39 is 0 Å². The van der Waals surface area contributed by atoms with Crippen LogP contribution >= 0.6 is 15.9 Å². The molecule has 21 heavy (non-hydrogen) atoms. The van der Waals surface area contributed by atoms with Crippen LogP contribution in [-0.2, 0) is 4.79 Å². The first-order chi connectivity index (χ1) is 9.93. The molecule has 1 aromatic carbocycles. The van der Waals surface area contributed by atoms with E-state index in [1.54, 1.807) is 7.11 Å². The van der Waals surface area contributed by atoms with Gasteiger partial charge in [-0.05, 0) is 37.5 Å². The van der Waals surface area contributed by atoms with Crippen molar-refractivity contribution in [3.63, 3.8) is 0 Å². The third kappa shape index (κ3) is 4.20. The minimum Gasteiger partial charge on any atom is -0.495 e. The van der Waals surface area contributed by atoms with Crippen molar-refractivity contribution < 1.29 is 9.53 Å². The topological polar surface area (TPSA) is 64.3 Å². The number of hydrogen-bond acceptors (Lipinski definition) is 3. The number of methoxy groups -OCH3 is 1. The Morgan fingerprint density at radius 2 is 2.05 bits per heavy atom. The van der Waals surface area contributed by atoms with Crippen molar-refractivity contribution in [1.82, 2.24) is 0 Å². The Morgan fingerprint density at radius 1 is 1.38 bits per heavy atom. The van der Waals surface area contributed by atoms with E-state index in [4.69, 9.17) is 10.5 Å². The fraction of sp³-hybridized carbons (Fsp3) is 0.562. The predicted molar refractivity (Wildman–Crippen MR) is 88.7 cm³/mol. The smallest absolute Gasteiger partial charge is 0.226 e. The lowest BCUT2D eigenvalue weighted by Crippen LogP contribution is -2.44. The van der Waals surface area contributed by atoms with Crippen LogP contribution < -0.4 is 15.8 Å². The zero-order valence-corrected chi connectivity index (χ0v) is 14.3. The number of rotatable bonds is 4. The van der Waals surface area contributed by atoms with E-state index in [9.17, 15) is 4.79 Å². The molecule has 0 spiro atoms. The van der Waals surface area contributed by atoms with Crippen LogP contribution in [0.5, 0.6) is 5.75 Å². The first kappa shape index (κ1) is 16.3. The molecule has 3 N–H and O–H groups in total. The Morgan fingerprint density at radius 3 is 2.67 bits per heavy atom. The second-order valence-electron chi connectivity index (χ2n) is 5.95. The number of nitrogens with two attached hydrogens (primary N) is 1. The van der Waals surface area contributed by atoms with Gasteiger partial charge in [-0.2, -0.15) is 0 Å². The van der Waals surface area contributed by atoms with Crippen LogP contribution in [0.4, 0.5) is 5.69 Å². The van der Waals surface area contributed by atoms with Crippen LogP contribution in [0.2, 0.25) is 0 Å². The summed E-state index contributed by atoms with van der Waals surface area (Å²) >= 11 is 3.43. The predicted octanol–water partition coefficient (Wildman–Crippen LogP) is 3.76. The van der Waals surface area contributed by atoms with Gasteiger partial charge in [0.1, 0.15) is 5.75 Å². The normalized spacial score (nSPS) is 17.3. The molecule has 0 bridgehead atoms. The van der Waals surface area contributed by atoms with Crippen LogP contribution in [0.1, 0.15) is 44.1 Å². The number of benzene rings is 1. The van der Waals surface area contributed by atoms with Crippen molar-refractivity contribution >= 4 is 27.5 Å². The Hall–Kier alpha value is -1.07. The number of ether oxygens (including phenoxy) is 1. The van der Waals surface area contributed by atoms with Gasteiger partial charge in [-0.1, -0.05) is 35.2 Å². The molecule has 116 valence electrons. The van der Waals surface area contributed by atoms with Crippen LogP contribution in [0.15, 0.2) is 16.6 Å². The maximum absolute atomic E-state index is 12.3. The van der Waals surface area contributed by atoms with E-state index in [2.05, 4.69) is 21.2 Å². The molecule has 0 atom stereocenters.